The third kappa shape index (κ3) is 23.7. The highest BCUT2D eigenvalue weighted by Crippen LogP contribution is 2.13. The summed E-state index contributed by atoms with van der Waals surface area (Å²) in [5, 5.41) is 0. The van der Waals surface area contributed by atoms with Crippen molar-refractivity contribution in [2.24, 2.45) is 0 Å². The molecular formula is C29H56O2. The van der Waals surface area contributed by atoms with Crippen molar-refractivity contribution >= 4 is 5.97 Å². The molecule has 0 aliphatic heterocycles. The quantitative estimate of drug-likeness (QED) is 0.0854. The number of hydrogen-bond donors (Lipinski definition) is 0. The van der Waals surface area contributed by atoms with Gasteiger partial charge in [0, 0.05) is 5.57 Å². The Morgan fingerprint density at radius 2 is 0.903 bits per heavy atom. The van der Waals surface area contributed by atoms with Gasteiger partial charge < -0.3 is 4.74 Å². The van der Waals surface area contributed by atoms with Crippen molar-refractivity contribution in [3.05, 3.63) is 11.6 Å². The van der Waals surface area contributed by atoms with Gasteiger partial charge in [-0.15, -0.1) is 0 Å². The van der Waals surface area contributed by atoms with Gasteiger partial charge in [-0.05, 0) is 26.2 Å². The Bertz CT molecular complexity index is 400. The molecule has 0 spiro atoms. The highest BCUT2D eigenvalue weighted by Gasteiger charge is 2.04. The minimum Gasteiger partial charge on any atom is -0.462 e. The zero-order valence-electron chi connectivity index (χ0n) is 21.7. The highest BCUT2D eigenvalue weighted by atomic mass is 16.5. The van der Waals surface area contributed by atoms with E-state index in [2.05, 4.69) is 19.9 Å². The maximum atomic E-state index is 12.0. The Labute approximate surface area is 196 Å². The van der Waals surface area contributed by atoms with Crippen LogP contribution in [-0.2, 0) is 9.53 Å². The monoisotopic (exact) mass is 436 g/mol. The van der Waals surface area contributed by atoms with Crippen LogP contribution in [0.5, 0.6) is 0 Å². The zero-order valence-corrected chi connectivity index (χ0v) is 21.7. The zero-order chi connectivity index (χ0) is 22.8. The first-order valence-electron chi connectivity index (χ1n) is 14.1. The molecule has 0 heterocycles. The van der Waals surface area contributed by atoms with E-state index >= 15 is 0 Å². The molecular weight excluding hydrogens is 380 g/mol. The summed E-state index contributed by atoms with van der Waals surface area (Å²) >= 11 is 0. The normalized spacial score (nSPS) is 11.8. The summed E-state index contributed by atoms with van der Waals surface area (Å²) in [6, 6.07) is 0. The molecule has 0 aromatic heterocycles. The van der Waals surface area contributed by atoms with Gasteiger partial charge >= 0.3 is 5.97 Å². The van der Waals surface area contributed by atoms with Crippen molar-refractivity contribution in [3.8, 4) is 0 Å². The lowest BCUT2D eigenvalue weighted by molar-refractivity contribution is -0.139. The Balaban J connectivity index is 3.40. The van der Waals surface area contributed by atoms with Gasteiger partial charge in [0.2, 0.25) is 0 Å². The Morgan fingerprint density at radius 3 is 1.32 bits per heavy atom. The summed E-state index contributed by atoms with van der Waals surface area (Å²) in [5.74, 6) is -0.112. The standard InChI is InChI=1S/C29H56O2/c1-4-6-8-10-12-14-16-18-20-22-24-26-28(3)29(30)31-27-25-23-21-19-17-15-13-11-9-7-5-2/h26H,4-25,27H2,1-3H3. The van der Waals surface area contributed by atoms with Crippen molar-refractivity contribution in [1.82, 2.24) is 0 Å². The Kier molecular flexibility index (Phi) is 24.8. The average molecular weight is 437 g/mol. The van der Waals surface area contributed by atoms with E-state index < -0.39 is 0 Å². The van der Waals surface area contributed by atoms with Gasteiger partial charge in [0.15, 0.2) is 0 Å². The molecule has 0 aliphatic rings. The predicted octanol–water partition coefficient (Wildman–Crippen LogP) is 10.1. The van der Waals surface area contributed by atoms with Crippen LogP contribution in [-0.4, -0.2) is 12.6 Å². The molecule has 0 atom stereocenters. The van der Waals surface area contributed by atoms with Crippen molar-refractivity contribution in [3.63, 3.8) is 0 Å². The molecule has 0 bridgehead atoms. The minimum absolute atomic E-state index is 0.112. The molecule has 0 saturated carbocycles. The van der Waals surface area contributed by atoms with E-state index in [1.807, 2.05) is 6.92 Å². The first-order chi connectivity index (χ1) is 15.2. The second-order valence-electron chi connectivity index (χ2n) is 9.53. The molecule has 0 rings (SSSR count). The van der Waals surface area contributed by atoms with E-state index in [0.717, 1.165) is 18.4 Å². The highest BCUT2D eigenvalue weighted by molar-refractivity contribution is 5.87. The van der Waals surface area contributed by atoms with Crippen LogP contribution in [0.15, 0.2) is 11.6 Å². The lowest BCUT2D eigenvalue weighted by atomic mass is 10.1. The fourth-order valence-corrected chi connectivity index (χ4v) is 4.08. The fourth-order valence-electron chi connectivity index (χ4n) is 4.08. The van der Waals surface area contributed by atoms with Crippen LogP contribution in [0.3, 0.4) is 0 Å². The molecule has 0 aromatic rings. The van der Waals surface area contributed by atoms with E-state index in [1.54, 1.807) is 0 Å². The smallest absolute Gasteiger partial charge is 0.333 e. The van der Waals surface area contributed by atoms with Gasteiger partial charge in [0.25, 0.3) is 0 Å². The Morgan fingerprint density at radius 1 is 0.548 bits per heavy atom. The molecule has 0 radical (unpaired) electrons. The third-order valence-corrected chi connectivity index (χ3v) is 6.31. The van der Waals surface area contributed by atoms with Crippen LogP contribution < -0.4 is 0 Å². The summed E-state index contributed by atoms with van der Waals surface area (Å²) in [5.41, 5.74) is 0.791. The molecule has 0 aromatic carbocycles. The van der Waals surface area contributed by atoms with Gasteiger partial charge in [-0.2, -0.15) is 0 Å². The molecule has 0 aliphatic carbocycles. The number of unbranched alkanes of at least 4 members (excludes halogenated alkanes) is 20. The number of carbonyl (C=O) groups excluding carboxylic acids is 1. The second-order valence-corrected chi connectivity index (χ2v) is 9.53. The van der Waals surface area contributed by atoms with E-state index in [-0.39, 0.29) is 5.97 Å². The van der Waals surface area contributed by atoms with Gasteiger partial charge in [-0.1, -0.05) is 142 Å². The lowest BCUT2D eigenvalue weighted by Crippen LogP contribution is -2.07. The van der Waals surface area contributed by atoms with Gasteiger partial charge in [-0.25, -0.2) is 4.79 Å². The number of carbonyl (C=O) groups is 1. The summed E-state index contributed by atoms with van der Waals surface area (Å²) in [6.45, 7) is 7.03. The van der Waals surface area contributed by atoms with Crippen LogP contribution in [0.4, 0.5) is 0 Å². The van der Waals surface area contributed by atoms with Crippen molar-refractivity contribution in [2.45, 2.75) is 162 Å². The minimum atomic E-state index is -0.112. The summed E-state index contributed by atoms with van der Waals surface area (Å²) in [7, 11) is 0. The van der Waals surface area contributed by atoms with Gasteiger partial charge in [0.1, 0.15) is 0 Å². The molecule has 0 amide bonds. The number of ether oxygens (including phenoxy) is 1. The SMILES string of the molecule is CCCCCCCCCCCCC=C(C)C(=O)OCCCCCCCCCCCCC. The Hall–Kier alpha value is -0.790. The van der Waals surface area contributed by atoms with E-state index in [4.69, 9.17) is 4.74 Å². The molecule has 2 heteroatoms. The molecule has 184 valence electrons. The van der Waals surface area contributed by atoms with Crippen molar-refractivity contribution in [2.75, 3.05) is 6.61 Å². The number of allylic oxidation sites excluding steroid dienone is 1. The first kappa shape index (κ1) is 30.2. The molecule has 31 heavy (non-hydrogen) atoms. The largest absolute Gasteiger partial charge is 0.462 e. The van der Waals surface area contributed by atoms with Crippen molar-refractivity contribution < 1.29 is 9.53 Å². The molecule has 0 fully saturated rings. The molecule has 0 unspecified atom stereocenters. The van der Waals surface area contributed by atoms with Crippen LogP contribution >= 0.6 is 0 Å². The predicted molar refractivity (Wildman–Crippen MR) is 138 cm³/mol. The topological polar surface area (TPSA) is 26.3 Å². The molecule has 0 N–H and O–H groups in total. The lowest BCUT2D eigenvalue weighted by Gasteiger charge is -2.06. The summed E-state index contributed by atoms with van der Waals surface area (Å²) in [6.07, 6.45) is 31.1. The van der Waals surface area contributed by atoms with Gasteiger partial charge in [0.05, 0.1) is 6.61 Å². The third-order valence-electron chi connectivity index (χ3n) is 6.31. The van der Waals surface area contributed by atoms with E-state index in [1.165, 1.54) is 128 Å². The molecule has 2 nitrogen and oxygen atoms in total. The van der Waals surface area contributed by atoms with Gasteiger partial charge in [-0.3, -0.25) is 0 Å². The van der Waals surface area contributed by atoms with E-state index in [0.29, 0.717) is 6.61 Å². The van der Waals surface area contributed by atoms with Crippen LogP contribution in [0, 0.1) is 0 Å². The van der Waals surface area contributed by atoms with E-state index in [9.17, 15) is 4.79 Å². The second kappa shape index (κ2) is 25.5. The fraction of sp³-hybridized carbons (Fsp3) is 0.897. The maximum Gasteiger partial charge on any atom is 0.333 e. The van der Waals surface area contributed by atoms with Crippen LogP contribution in [0.2, 0.25) is 0 Å². The van der Waals surface area contributed by atoms with Crippen molar-refractivity contribution in [1.29, 1.82) is 0 Å². The van der Waals surface area contributed by atoms with Crippen LogP contribution in [0.25, 0.3) is 0 Å². The average Bonchev–Trinajstić information content (AvgIpc) is 2.77. The number of hydrogen-bond acceptors (Lipinski definition) is 2. The molecule has 0 saturated heterocycles. The first-order valence-corrected chi connectivity index (χ1v) is 14.1. The van der Waals surface area contributed by atoms with Crippen LogP contribution in [0.1, 0.15) is 162 Å². The summed E-state index contributed by atoms with van der Waals surface area (Å²) in [4.78, 5) is 12.0. The summed E-state index contributed by atoms with van der Waals surface area (Å²) < 4.78 is 5.43. The number of rotatable bonds is 24. The number of esters is 1. The maximum absolute atomic E-state index is 12.0.